The van der Waals surface area contributed by atoms with Crippen LogP contribution in [0, 0.1) is 0 Å². The number of hydrogen-bond acceptors (Lipinski definition) is 2. The van der Waals surface area contributed by atoms with E-state index >= 15 is 0 Å². The summed E-state index contributed by atoms with van der Waals surface area (Å²) in [6.45, 7) is 6.92. The number of thiazole rings is 1. The Balaban J connectivity index is 2.10. The van der Waals surface area contributed by atoms with Crippen LogP contribution in [0.3, 0.4) is 0 Å². The van der Waals surface area contributed by atoms with Crippen LogP contribution in [0.2, 0.25) is 0 Å². The van der Waals surface area contributed by atoms with Crippen LogP contribution >= 0.6 is 11.3 Å². The van der Waals surface area contributed by atoms with Gasteiger partial charge in [0, 0.05) is 12.1 Å². The Labute approximate surface area is 165 Å². The van der Waals surface area contributed by atoms with Gasteiger partial charge in [0.05, 0.1) is 15.8 Å². The molecule has 0 bridgehead atoms. The molecule has 0 radical (unpaired) electrons. The molecule has 0 unspecified atom stereocenters. The number of alkyl halides is 3. The highest BCUT2D eigenvalue weighted by Gasteiger charge is 2.30. The van der Waals surface area contributed by atoms with Crippen molar-refractivity contribution in [3.63, 3.8) is 0 Å². The third kappa shape index (κ3) is 4.19. The molecule has 3 aromatic rings. The molecule has 3 nitrogen and oxygen atoms in total. The van der Waals surface area contributed by atoms with Gasteiger partial charge in [-0.15, -0.1) is 0 Å². The summed E-state index contributed by atoms with van der Waals surface area (Å²) in [6.07, 6.45) is -3.65. The van der Waals surface area contributed by atoms with Gasteiger partial charge in [0.25, 0.3) is 5.91 Å². The number of nitrogens with zero attached hydrogens (tertiary/aromatic N) is 2. The summed E-state index contributed by atoms with van der Waals surface area (Å²) in [6, 6.07) is 10.5. The Morgan fingerprint density at radius 1 is 1.18 bits per heavy atom. The number of hydrogen-bond donors (Lipinski definition) is 0. The largest absolute Gasteiger partial charge is 0.416 e. The number of amides is 1. The highest BCUT2D eigenvalue weighted by Crippen LogP contribution is 2.29. The van der Waals surface area contributed by atoms with Crippen LogP contribution in [0.4, 0.5) is 13.2 Å². The zero-order chi connectivity index (χ0) is 20.5. The zero-order valence-corrected chi connectivity index (χ0v) is 16.7. The van der Waals surface area contributed by atoms with Gasteiger partial charge in [-0.1, -0.05) is 44.2 Å². The Bertz CT molecular complexity index is 1080. The normalized spacial score (nSPS) is 12.9. The molecule has 1 aromatic heterocycles. The lowest BCUT2D eigenvalue weighted by Crippen LogP contribution is -2.17. The molecule has 148 valence electrons. The second-order valence-corrected chi connectivity index (χ2v) is 7.92. The second kappa shape index (κ2) is 7.91. The fourth-order valence-corrected chi connectivity index (χ4v) is 4.06. The fraction of sp³-hybridized carbons (Fsp3) is 0.333. The van der Waals surface area contributed by atoms with Gasteiger partial charge in [-0.25, -0.2) is 0 Å². The molecule has 0 saturated carbocycles. The van der Waals surface area contributed by atoms with Crippen LogP contribution in [0.5, 0.6) is 0 Å². The van der Waals surface area contributed by atoms with Crippen LogP contribution in [-0.2, 0) is 12.7 Å². The van der Waals surface area contributed by atoms with Gasteiger partial charge in [-0.3, -0.25) is 4.79 Å². The molecule has 0 atom stereocenters. The lowest BCUT2D eigenvalue weighted by molar-refractivity contribution is -0.137. The summed E-state index contributed by atoms with van der Waals surface area (Å²) in [7, 11) is 0. The molecule has 0 saturated heterocycles. The van der Waals surface area contributed by atoms with Crippen molar-refractivity contribution in [1.82, 2.24) is 4.57 Å². The van der Waals surface area contributed by atoms with Gasteiger partial charge in [-0.05, 0) is 48.2 Å². The number of halogens is 3. The average molecular weight is 406 g/mol. The first-order chi connectivity index (χ1) is 13.2. The van der Waals surface area contributed by atoms with Crippen molar-refractivity contribution in [3.05, 3.63) is 64.0 Å². The summed E-state index contributed by atoms with van der Waals surface area (Å²) in [5.74, 6) is -0.301. The van der Waals surface area contributed by atoms with Crippen molar-refractivity contribution in [3.8, 4) is 0 Å². The van der Waals surface area contributed by atoms with E-state index in [2.05, 4.69) is 31.0 Å². The number of rotatable bonds is 4. The van der Waals surface area contributed by atoms with E-state index in [1.54, 1.807) is 0 Å². The number of aromatic nitrogens is 1. The Kier molecular flexibility index (Phi) is 5.74. The molecule has 0 N–H and O–H groups in total. The lowest BCUT2D eigenvalue weighted by atomic mass is 10.0. The highest BCUT2D eigenvalue weighted by molar-refractivity contribution is 7.16. The van der Waals surface area contributed by atoms with Crippen LogP contribution in [0.1, 0.15) is 54.6 Å². The zero-order valence-electron chi connectivity index (χ0n) is 15.9. The molecule has 28 heavy (non-hydrogen) atoms. The lowest BCUT2D eigenvalue weighted by Gasteiger charge is -2.07. The van der Waals surface area contributed by atoms with E-state index < -0.39 is 17.6 Å². The minimum absolute atomic E-state index is 0.0711. The SMILES string of the molecule is CCCn1c(=NC(=O)c2cccc(C(F)(F)F)c2)sc2cc(C(C)C)ccc21. The summed E-state index contributed by atoms with van der Waals surface area (Å²) in [5, 5.41) is 0. The maximum atomic E-state index is 12.9. The van der Waals surface area contributed by atoms with Crippen molar-refractivity contribution >= 4 is 27.5 Å². The summed E-state index contributed by atoms with van der Waals surface area (Å²) < 4.78 is 41.7. The molecule has 1 heterocycles. The predicted octanol–water partition coefficient (Wildman–Crippen LogP) is 6.00. The maximum Gasteiger partial charge on any atom is 0.416 e. The molecule has 1 amide bonds. The summed E-state index contributed by atoms with van der Waals surface area (Å²) in [5.41, 5.74) is 1.24. The first-order valence-electron chi connectivity index (χ1n) is 9.10. The van der Waals surface area contributed by atoms with Crippen LogP contribution in [0.15, 0.2) is 47.5 Å². The Morgan fingerprint density at radius 2 is 1.93 bits per heavy atom. The molecular formula is C21H21F3N2OS. The third-order valence-corrected chi connectivity index (χ3v) is 5.50. The van der Waals surface area contributed by atoms with Gasteiger partial charge < -0.3 is 4.57 Å². The molecule has 0 fully saturated rings. The number of benzene rings is 2. The maximum absolute atomic E-state index is 12.9. The van der Waals surface area contributed by atoms with E-state index in [1.165, 1.54) is 29.0 Å². The first-order valence-corrected chi connectivity index (χ1v) is 9.92. The van der Waals surface area contributed by atoms with Crippen LogP contribution in [-0.4, -0.2) is 10.5 Å². The fourth-order valence-electron chi connectivity index (χ4n) is 2.95. The number of carbonyl (C=O) groups is 1. The Hall–Kier alpha value is -2.41. The first kappa shape index (κ1) is 20.3. The van der Waals surface area contributed by atoms with E-state index in [4.69, 9.17) is 0 Å². The smallest absolute Gasteiger partial charge is 0.316 e. The molecule has 0 aliphatic heterocycles. The predicted molar refractivity (Wildman–Crippen MR) is 106 cm³/mol. The number of aryl methyl sites for hydroxylation is 1. The Morgan fingerprint density at radius 3 is 2.57 bits per heavy atom. The van der Waals surface area contributed by atoms with E-state index in [0.29, 0.717) is 17.3 Å². The number of carbonyl (C=O) groups excluding carboxylic acids is 1. The van der Waals surface area contributed by atoms with Gasteiger partial charge in [-0.2, -0.15) is 18.2 Å². The van der Waals surface area contributed by atoms with Gasteiger partial charge in [0.15, 0.2) is 4.80 Å². The van der Waals surface area contributed by atoms with E-state index in [0.717, 1.165) is 28.8 Å². The molecule has 0 aliphatic carbocycles. The van der Waals surface area contributed by atoms with E-state index in [-0.39, 0.29) is 5.56 Å². The molecular weight excluding hydrogens is 385 g/mol. The van der Waals surface area contributed by atoms with Gasteiger partial charge in [0.2, 0.25) is 0 Å². The highest BCUT2D eigenvalue weighted by atomic mass is 32.1. The molecule has 0 aliphatic rings. The topological polar surface area (TPSA) is 34.4 Å². The summed E-state index contributed by atoms with van der Waals surface area (Å²) >= 11 is 1.38. The second-order valence-electron chi connectivity index (χ2n) is 6.91. The molecule has 0 spiro atoms. The minimum atomic E-state index is -4.50. The van der Waals surface area contributed by atoms with Gasteiger partial charge >= 0.3 is 6.18 Å². The average Bonchev–Trinajstić information content (AvgIpc) is 2.98. The van der Waals surface area contributed by atoms with E-state index in [1.807, 2.05) is 17.6 Å². The van der Waals surface area contributed by atoms with Crippen LogP contribution in [0.25, 0.3) is 10.2 Å². The van der Waals surface area contributed by atoms with Gasteiger partial charge in [0.1, 0.15) is 0 Å². The van der Waals surface area contributed by atoms with E-state index in [9.17, 15) is 18.0 Å². The van der Waals surface area contributed by atoms with Crippen molar-refractivity contribution in [1.29, 1.82) is 0 Å². The number of fused-ring (bicyclic) bond motifs is 1. The monoisotopic (exact) mass is 406 g/mol. The quantitative estimate of drug-likeness (QED) is 0.524. The van der Waals surface area contributed by atoms with Crippen molar-refractivity contribution < 1.29 is 18.0 Å². The minimum Gasteiger partial charge on any atom is -0.316 e. The summed E-state index contributed by atoms with van der Waals surface area (Å²) in [4.78, 5) is 17.2. The molecule has 3 rings (SSSR count). The van der Waals surface area contributed by atoms with Crippen molar-refractivity contribution in [2.45, 2.75) is 45.8 Å². The standard InChI is InChI=1S/C21H21F3N2OS/c1-4-10-26-17-9-8-14(13(2)3)12-18(17)28-20(26)25-19(27)15-6-5-7-16(11-15)21(22,23)24/h5-9,11-13H,4,10H2,1-3H3. The third-order valence-electron chi connectivity index (χ3n) is 4.45. The van der Waals surface area contributed by atoms with Crippen LogP contribution < -0.4 is 4.80 Å². The molecule has 7 heteroatoms. The van der Waals surface area contributed by atoms with Crippen molar-refractivity contribution in [2.24, 2.45) is 4.99 Å². The van der Waals surface area contributed by atoms with Crippen molar-refractivity contribution in [2.75, 3.05) is 0 Å². The molecule has 2 aromatic carbocycles.